The first kappa shape index (κ1) is 37.8. The van der Waals surface area contributed by atoms with Crippen LogP contribution in [-0.4, -0.2) is 50.8 Å². The molecule has 6 bridgehead atoms. The third-order valence-electron chi connectivity index (χ3n) is 12.6. The first-order chi connectivity index (χ1) is 28.3. The van der Waals surface area contributed by atoms with Crippen LogP contribution in [0.5, 0.6) is 40.2 Å². The molecule has 4 aliphatic heterocycles. The quantitative estimate of drug-likeness (QED) is 0.151. The van der Waals surface area contributed by atoms with Crippen LogP contribution in [-0.2, 0) is 38.8 Å². The maximum absolute atomic E-state index is 7.47. The molecular weight excluding hydrogens is 721 g/mol. The predicted octanol–water partition coefficient (Wildman–Crippen LogP) is 10.7. The van der Waals surface area contributed by atoms with E-state index in [0.29, 0.717) is 29.6 Å². The van der Waals surface area contributed by atoms with Gasteiger partial charge in [0, 0.05) is 31.0 Å². The highest BCUT2D eigenvalue weighted by Gasteiger charge is 2.44. The number of benzene rings is 6. The lowest BCUT2D eigenvalue weighted by atomic mass is 9.84. The van der Waals surface area contributed by atoms with Crippen molar-refractivity contribution in [2.75, 3.05) is 41.4 Å². The molecule has 0 aliphatic carbocycles. The third-order valence-corrected chi connectivity index (χ3v) is 12.6. The molecule has 58 heavy (non-hydrogen) atoms. The molecule has 0 fully saturated rings. The van der Waals surface area contributed by atoms with Gasteiger partial charge in [-0.25, -0.2) is 0 Å². The number of fused-ring (bicyclic) bond motifs is 2. The van der Waals surface area contributed by atoms with E-state index in [1.165, 1.54) is 27.8 Å². The van der Waals surface area contributed by atoms with Crippen LogP contribution < -0.4 is 23.7 Å². The predicted molar refractivity (Wildman–Crippen MR) is 229 cm³/mol. The largest absolute Gasteiger partial charge is 0.493 e. The van der Waals surface area contributed by atoms with Gasteiger partial charge in [-0.2, -0.15) is 0 Å². The molecule has 6 aromatic carbocycles. The van der Waals surface area contributed by atoms with E-state index >= 15 is 0 Å². The van der Waals surface area contributed by atoms with Gasteiger partial charge in [-0.3, -0.25) is 4.90 Å². The van der Waals surface area contributed by atoms with Gasteiger partial charge >= 0.3 is 0 Å². The van der Waals surface area contributed by atoms with Crippen molar-refractivity contribution in [2.24, 2.45) is 0 Å². The lowest BCUT2D eigenvalue weighted by Crippen LogP contribution is -2.51. The van der Waals surface area contributed by atoms with Gasteiger partial charge in [-0.05, 0) is 102 Å². The fraction of sp³-hybridized carbons (Fsp3) is 0.294. The Balaban J connectivity index is 1.29. The molecule has 1 unspecified atom stereocenters. The molecule has 0 amide bonds. The highest BCUT2D eigenvalue weighted by Crippen LogP contribution is 2.53. The smallest absolute Gasteiger partial charge is 0.205 e. The monoisotopic (exact) mass is 773 g/mol. The van der Waals surface area contributed by atoms with Crippen LogP contribution in [0.3, 0.4) is 0 Å². The molecule has 0 aromatic heterocycles. The summed E-state index contributed by atoms with van der Waals surface area (Å²) in [5.41, 5.74) is 10.9. The van der Waals surface area contributed by atoms with E-state index in [9.17, 15) is 0 Å². The summed E-state index contributed by atoms with van der Waals surface area (Å²) in [6.45, 7) is 5.35. The fourth-order valence-electron chi connectivity index (χ4n) is 9.39. The fourth-order valence-corrected chi connectivity index (χ4v) is 9.39. The Labute approximate surface area is 342 Å². The summed E-state index contributed by atoms with van der Waals surface area (Å²) in [6, 6.07) is 43.1. The number of likely N-dealkylation sites (N-methyl/N-ethyl adjacent to an activating group) is 2. The number of ether oxygens (including phenoxy) is 5. The molecule has 7 heteroatoms. The number of hydrogen-bond donors (Lipinski definition) is 0. The van der Waals surface area contributed by atoms with Gasteiger partial charge in [0.1, 0.15) is 30.7 Å². The average molecular weight is 774 g/mol. The van der Waals surface area contributed by atoms with Crippen LogP contribution in [0.2, 0.25) is 0 Å². The van der Waals surface area contributed by atoms with Crippen molar-refractivity contribution in [3.63, 3.8) is 0 Å². The van der Waals surface area contributed by atoms with E-state index < -0.39 is 0 Å². The Morgan fingerprint density at radius 3 is 2.17 bits per heavy atom. The summed E-state index contributed by atoms with van der Waals surface area (Å²) in [5.74, 6) is 5.06. The average Bonchev–Trinajstić information content (AvgIpc) is 3.24. The Bertz CT molecular complexity index is 2420. The van der Waals surface area contributed by atoms with Gasteiger partial charge < -0.3 is 28.2 Å². The summed E-state index contributed by atoms with van der Waals surface area (Å²) in [7, 11) is 8.07. The molecule has 6 aromatic rings. The normalized spacial score (nSPS) is 19.8. The number of hydrogen-bond acceptors (Lipinski definition) is 6. The molecule has 0 N–H and O–H groups in total. The molecule has 0 saturated carbocycles. The summed E-state index contributed by atoms with van der Waals surface area (Å²) in [4.78, 5) is 2.48. The van der Waals surface area contributed by atoms with E-state index in [4.69, 9.17) is 23.7 Å². The minimum atomic E-state index is -0.0137. The molecule has 0 radical (unpaired) electrons. The molecule has 4 heterocycles. The van der Waals surface area contributed by atoms with E-state index in [0.717, 1.165) is 89.3 Å². The van der Waals surface area contributed by atoms with Crippen LogP contribution in [0.1, 0.15) is 62.2 Å². The maximum atomic E-state index is 7.47. The highest BCUT2D eigenvalue weighted by molar-refractivity contribution is 5.63. The second-order valence-corrected chi connectivity index (χ2v) is 16.5. The van der Waals surface area contributed by atoms with Gasteiger partial charge in [-0.1, -0.05) is 84.9 Å². The van der Waals surface area contributed by atoms with Crippen molar-refractivity contribution in [2.45, 2.75) is 57.8 Å². The van der Waals surface area contributed by atoms with Crippen molar-refractivity contribution >= 4 is 0 Å². The summed E-state index contributed by atoms with van der Waals surface area (Å²) in [6.07, 6.45) is 3.45. The first-order valence-corrected chi connectivity index (χ1v) is 20.5. The topological polar surface area (TPSA) is 49.4 Å². The van der Waals surface area contributed by atoms with Gasteiger partial charge in [0.2, 0.25) is 5.75 Å². The maximum Gasteiger partial charge on any atom is 0.205 e. The van der Waals surface area contributed by atoms with Gasteiger partial charge in [0.15, 0.2) is 23.0 Å². The SMILES string of the molecule is COc1ccc2cc1Oc1ccc(cc1)C[C@H]1c3cc(c(C)cc3CCN1C)Oc1c(OCc3ccccc3)c(OC)cc3c1[C@H](C2)[N+](C)(Cc1ccccc1)CC3. The molecule has 4 aliphatic rings. The molecule has 10 rings (SSSR count). The number of rotatable bonds is 7. The first-order valence-electron chi connectivity index (χ1n) is 20.5. The Morgan fingerprint density at radius 2 is 1.43 bits per heavy atom. The second kappa shape index (κ2) is 15.9. The van der Waals surface area contributed by atoms with Crippen LogP contribution in [0.15, 0.2) is 121 Å². The van der Waals surface area contributed by atoms with E-state index in [1.807, 2.05) is 24.3 Å². The Hall–Kier alpha value is -5.76. The van der Waals surface area contributed by atoms with Gasteiger partial charge in [0.05, 0.1) is 33.4 Å². The van der Waals surface area contributed by atoms with Crippen molar-refractivity contribution < 1.29 is 28.2 Å². The summed E-state index contributed by atoms with van der Waals surface area (Å²) < 4.78 is 33.9. The van der Waals surface area contributed by atoms with E-state index in [1.54, 1.807) is 14.2 Å². The van der Waals surface area contributed by atoms with Gasteiger partial charge in [0.25, 0.3) is 0 Å². The molecule has 7 nitrogen and oxygen atoms in total. The van der Waals surface area contributed by atoms with Crippen LogP contribution in [0.4, 0.5) is 0 Å². The third kappa shape index (κ3) is 7.41. The number of quaternary nitrogens is 1. The number of nitrogens with zero attached hydrogens (tertiary/aromatic N) is 2. The van der Waals surface area contributed by atoms with Crippen molar-refractivity contribution in [3.8, 4) is 40.2 Å². The zero-order valence-electron chi connectivity index (χ0n) is 34.3. The minimum Gasteiger partial charge on any atom is -0.493 e. The molecular formula is C51H53N2O5+. The van der Waals surface area contributed by atoms with E-state index in [-0.39, 0.29) is 12.1 Å². The summed E-state index contributed by atoms with van der Waals surface area (Å²) >= 11 is 0. The molecule has 0 saturated heterocycles. The van der Waals surface area contributed by atoms with Crippen LogP contribution >= 0.6 is 0 Å². The van der Waals surface area contributed by atoms with Crippen LogP contribution in [0.25, 0.3) is 0 Å². The Kier molecular flexibility index (Phi) is 10.3. The standard InChI is InChI=1S/C51H53N2O5/c1-34-26-39-22-24-52(2)43-27-35-16-19-41(20-17-35)57-47-29-38(18-21-45(47)54-4)28-44-49-40(23-25-53(44,3)32-36-12-8-6-9-13-36)30-48(55-5)50(51(49)58-46(34)31-42(39)43)56-33-37-14-10-7-11-15-37/h6-21,26,29-31,43-44H,22-25,27-28,32-33H2,1-5H3/q+1/t43-,44-,53?/m0/s1. The highest BCUT2D eigenvalue weighted by atomic mass is 16.5. The minimum absolute atomic E-state index is 0.0137. The zero-order chi connectivity index (χ0) is 39.8. The number of aryl methyl sites for hydroxylation is 1. The van der Waals surface area contributed by atoms with Crippen molar-refractivity contribution in [1.82, 2.24) is 4.90 Å². The van der Waals surface area contributed by atoms with Crippen molar-refractivity contribution in [3.05, 3.63) is 171 Å². The molecule has 0 spiro atoms. The zero-order valence-corrected chi connectivity index (χ0v) is 34.3. The lowest BCUT2D eigenvalue weighted by Gasteiger charge is -2.46. The van der Waals surface area contributed by atoms with E-state index in [2.05, 4.69) is 123 Å². The second-order valence-electron chi connectivity index (χ2n) is 16.5. The number of methoxy groups -OCH3 is 2. The van der Waals surface area contributed by atoms with Crippen molar-refractivity contribution in [1.29, 1.82) is 0 Å². The van der Waals surface area contributed by atoms with Crippen LogP contribution in [0, 0.1) is 6.92 Å². The Morgan fingerprint density at radius 1 is 0.707 bits per heavy atom. The molecule has 296 valence electrons. The lowest BCUT2D eigenvalue weighted by molar-refractivity contribution is -0.954. The van der Waals surface area contributed by atoms with Gasteiger partial charge in [-0.15, -0.1) is 0 Å². The summed E-state index contributed by atoms with van der Waals surface area (Å²) in [5, 5.41) is 0. The molecule has 3 atom stereocenters.